The van der Waals surface area contributed by atoms with Crippen LogP contribution in [-0.4, -0.2) is 23.1 Å². The predicted octanol–water partition coefficient (Wildman–Crippen LogP) is 3.59. The number of pyridine rings is 1. The van der Waals surface area contributed by atoms with Gasteiger partial charge >= 0.3 is 0 Å². The number of nitrogens with one attached hydrogen (secondary N) is 1. The molecule has 0 aromatic carbocycles. The van der Waals surface area contributed by atoms with Crippen molar-refractivity contribution in [2.75, 3.05) is 11.9 Å². The highest BCUT2D eigenvalue weighted by Crippen LogP contribution is 2.27. The van der Waals surface area contributed by atoms with Gasteiger partial charge in [-0.2, -0.15) is 0 Å². The van der Waals surface area contributed by atoms with Crippen molar-refractivity contribution in [1.82, 2.24) is 10.3 Å². The van der Waals surface area contributed by atoms with Gasteiger partial charge in [-0.15, -0.1) is 0 Å². The summed E-state index contributed by atoms with van der Waals surface area (Å²) < 4.78 is 0. The first-order valence-electron chi connectivity index (χ1n) is 7.09. The molecule has 1 heterocycles. The van der Waals surface area contributed by atoms with E-state index in [1.54, 1.807) is 0 Å². The van der Waals surface area contributed by atoms with Crippen LogP contribution in [0.2, 0.25) is 0 Å². The first-order chi connectivity index (χ1) is 8.67. The summed E-state index contributed by atoms with van der Waals surface area (Å²) in [5.41, 5.74) is 2.78. The molecule has 1 aromatic heterocycles. The molecule has 1 N–H and O–H groups in total. The van der Waals surface area contributed by atoms with Crippen molar-refractivity contribution in [2.45, 2.75) is 65.6 Å². The molecular formula is C16H29N3. The lowest BCUT2D eigenvalue weighted by atomic mass is 9.98. The van der Waals surface area contributed by atoms with E-state index >= 15 is 0 Å². The average Bonchev–Trinajstić information content (AvgIpc) is 2.35. The third kappa shape index (κ3) is 4.50. The lowest BCUT2D eigenvalue weighted by Crippen LogP contribution is -2.42. The largest absolute Gasteiger partial charge is 0.368 e. The average molecular weight is 263 g/mol. The van der Waals surface area contributed by atoms with E-state index in [0.717, 1.165) is 13.0 Å². The molecule has 0 aliphatic carbocycles. The van der Waals surface area contributed by atoms with Crippen LogP contribution in [0.1, 0.15) is 53.5 Å². The Hall–Kier alpha value is -1.09. The van der Waals surface area contributed by atoms with Gasteiger partial charge in [-0.05, 0) is 52.7 Å². The minimum Gasteiger partial charge on any atom is -0.368 e. The van der Waals surface area contributed by atoms with Crippen molar-refractivity contribution >= 4 is 5.69 Å². The zero-order valence-corrected chi connectivity index (χ0v) is 13.5. The highest BCUT2D eigenvalue weighted by molar-refractivity contribution is 5.53. The van der Waals surface area contributed by atoms with E-state index in [2.05, 4.69) is 69.9 Å². The fourth-order valence-electron chi connectivity index (χ4n) is 1.79. The summed E-state index contributed by atoms with van der Waals surface area (Å²) in [4.78, 5) is 6.62. The minimum atomic E-state index is 0.124. The molecule has 0 aliphatic heterocycles. The summed E-state index contributed by atoms with van der Waals surface area (Å²) in [5, 5.41) is 3.55. The van der Waals surface area contributed by atoms with E-state index in [1.165, 1.54) is 11.3 Å². The van der Waals surface area contributed by atoms with Crippen molar-refractivity contribution in [3.63, 3.8) is 0 Å². The van der Waals surface area contributed by atoms with Gasteiger partial charge in [0, 0.05) is 30.9 Å². The molecule has 0 saturated heterocycles. The van der Waals surface area contributed by atoms with Crippen LogP contribution in [0.4, 0.5) is 5.69 Å². The van der Waals surface area contributed by atoms with Crippen LogP contribution in [-0.2, 0) is 6.54 Å². The molecule has 0 bridgehead atoms. The molecular weight excluding hydrogens is 234 g/mol. The zero-order chi connectivity index (χ0) is 14.7. The van der Waals surface area contributed by atoms with Crippen LogP contribution in [0.3, 0.4) is 0 Å². The summed E-state index contributed by atoms with van der Waals surface area (Å²) in [5.74, 6) is 0. The van der Waals surface area contributed by atoms with E-state index in [9.17, 15) is 0 Å². The van der Waals surface area contributed by atoms with Crippen LogP contribution in [0.15, 0.2) is 18.5 Å². The highest BCUT2D eigenvalue weighted by atomic mass is 15.2. The first kappa shape index (κ1) is 16.0. The lowest BCUT2D eigenvalue weighted by molar-refractivity contribution is 0.422. The van der Waals surface area contributed by atoms with E-state index in [0.29, 0.717) is 0 Å². The molecule has 1 aromatic rings. The SMILES string of the molecule is CCC(C)(C)N(C)c1cnccc1CNC(C)(C)C. The molecule has 0 saturated carbocycles. The second-order valence-corrected chi connectivity index (χ2v) is 6.83. The third-order valence-corrected chi connectivity index (χ3v) is 3.83. The van der Waals surface area contributed by atoms with Gasteiger partial charge in [0.05, 0.1) is 11.9 Å². The number of hydrogen-bond donors (Lipinski definition) is 1. The lowest BCUT2D eigenvalue weighted by Gasteiger charge is -2.38. The van der Waals surface area contributed by atoms with Gasteiger partial charge in [-0.25, -0.2) is 0 Å². The van der Waals surface area contributed by atoms with Crippen LogP contribution >= 0.6 is 0 Å². The summed E-state index contributed by atoms with van der Waals surface area (Å²) in [6.07, 6.45) is 4.94. The molecule has 0 fully saturated rings. The number of rotatable bonds is 5. The van der Waals surface area contributed by atoms with E-state index < -0.39 is 0 Å². The van der Waals surface area contributed by atoms with Crippen molar-refractivity contribution in [3.05, 3.63) is 24.0 Å². The highest BCUT2D eigenvalue weighted by Gasteiger charge is 2.23. The Morgan fingerprint density at radius 2 is 1.84 bits per heavy atom. The Balaban J connectivity index is 2.96. The van der Waals surface area contributed by atoms with E-state index in [-0.39, 0.29) is 11.1 Å². The quantitative estimate of drug-likeness (QED) is 0.880. The molecule has 0 aliphatic rings. The molecule has 0 amide bonds. The zero-order valence-electron chi connectivity index (χ0n) is 13.5. The fraction of sp³-hybridized carbons (Fsp3) is 0.688. The molecule has 1 rings (SSSR count). The van der Waals surface area contributed by atoms with Crippen LogP contribution in [0.25, 0.3) is 0 Å². The summed E-state index contributed by atoms with van der Waals surface area (Å²) >= 11 is 0. The smallest absolute Gasteiger partial charge is 0.0600 e. The van der Waals surface area contributed by atoms with E-state index in [1.807, 2.05) is 12.4 Å². The Morgan fingerprint density at radius 3 is 2.37 bits per heavy atom. The molecule has 0 spiro atoms. The minimum absolute atomic E-state index is 0.124. The number of nitrogens with zero attached hydrogens (tertiary/aromatic N) is 2. The maximum absolute atomic E-state index is 4.29. The summed E-state index contributed by atoms with van der Waals surface area (Å²) in [6.45, 7) is 14.2. The van der Waals surface area contributed by atoms with Gasteiger partial charge in [0.1, 0.15) is 0 Å². The Labute approximate surface area is 118 Å². The standard InChI is InChI=1S/C16H29N3/c1-8-16(5,6)19(7)14-12-17-10-9-13(14)11-18-15(2,3)4/h9-10,12,18H,8,11H2,1-7H3. The molecule has 3 heteroatoms. The van der Waals surface area contributed by atoms with Crippen molar-refractivity contribution in [3.8, 4) is 0 Å². The van der Waals surface area contributed by atoms with Gasteiger partial charge in [0.2, 0.25) is 0 Å². The molecule has 3 nitrogen and oxygen atoms in total. The number of anilines is 1. The predicted molar refractivity (Wildman–Crippen MR) is 83.6 cm³/mol. The van der Waals surface area contributed by atoms with Crippen LogP contribution < -0.4 is 10.2 Å². The fourth-order valence-corrected chi connectivity index (χ4v) is 1.79. The molecule has 108 valence electrons. The molecule has 0 atom stereocenters. The van der Waals surface area contributed by atoms with Crippen LogP contribution in [0, 0.1) is 0 Å². The van der Waals surface area contributed by atoms with Gasteiger partial charge in [-0.3, -0.25) is 4.98 Å². The second-order valence-electron chi connectivity index (χ2n) is 6.83. The molecule has 0 radical (unpaired) electrons. The van der Waals surface area contributed by atoms with Gasteiger partial charge in [0.25, 0.3) is 0 Å². The topological polar surface area (TPSA) is 28.2 Å². The molecule has 19 heavy (non-hydrogen) atoms. The maximum Gasteiger partial charge on any atom is 0.0600 e. The van der Waals surface area contributed by atoms with Crippen molar-refractivity contribution in [2.24, 2.45) is 0 Å². The summed E-state index contributed by atoms with van der Waals surface area (Å²) in [6, 6.07) is 2.11. The second kappa shape index (κ2) is 5.91. The number of hydrogen-bond acceptors (Lipinski definition) is 3. The van der Waals surface area contributed by atoms with Gasteiger partial charge in [0.15, 0.2) is 0 Å². The monoisotopic (exact) mass is 263 g/mol. The normalized spacial score (nSPS) is 12.6. The molecule has 0 unspecified atom stereocenters. The summed E-state index contributed by atoms with van der Waals surface area (Å²) in [7, 11) is 2.15. The van der Waals surface area contributed by atoms with Gasteiger partial charge in [-0.1, -0.05) is 6.92 Å². The number of aromatic nitrogens is 1. The van der Waals surface area contributed by atoms with Gasteiger partial charge < -0.3 is 10.2 Å². The third-order valence-electron chi connectivity index (χ3n) is 3.83. The Kier molecular flexibility index (Phi) is 4.97. The Morgan fingerprint density at radius 1 is 1.21 bits per heavy atom. The maximum atomic E-state index is 4.29. The first-order valence-corrected chi connectivity index (χ1v) is 7.09. The van der Waals surface area contributed by atoms with E-state index in [4.69, 9.17) is 0 Å². The Bertz CT molecular complexity index is 405. The van der Waals surface area contributed by atoms with Crippen molar-refractivity contribution in [1.29, 1.82) is 0 Å². The van der Waals surface area contributed by atoms with Crippen LogP contribution in [0.5, 0.6) is 0 Å². The van der Waals surface area contributed by atoms with Crippen molar-refractivity contribution < 1.29 is 0 Å².